The van der Waals surface area contributed by atoms with Crippen LogP contribution in [0.3, 0.4) is 0 Å². The second kappa shape index (κ2) is 7.00. The van der Waals surface area contributed by atoms with Gasteiger partial charge in [-0.15, -0.1) is 0 Å². The number of hydrogen-bond donors (Lipinski definition) is 0. The molecule has 5 rings (SSSR count). The van der Waals surface area contributed by atoms with E-state index in [0.717, 1.165) is 42.4 Å². The summed E-state index contributed by atoms with van der Waals surface area (Å²) < 4.78 is 5.68. The number of carbonyl (C=O) groups excluding carboxylic acids is 1. The van der Waals surface area contributed by atoms with E-state index in [1.54, 1.807) is 12.1 Å². The molecule has 3 aliphatic heterocycles. The number of amides is 1. The minimum atomic E-state index is 0.0403. The van der Waals surface area contributed by atoms with Gasteiger partial charge < -0.3 is 14.5 Å². The van der Waals surface area contributed by atoms with Gasteiger partial charge in [0.15, 0.2) is 6.61 Å². The molecule has 2 atom stereocenters. The summed E-state index contributed by atoms with van der Waals surface area (Å²) in [4.78, 5) is 25.8. The van der Waals surface area contributed by atoms with Crippen molar-refractivity contribution in [3.63, 3.8) is 0 Å². The van der Waals surface area contributed by atoms with Gasteiger partial charge >= 0.3 is 0 Å². The average molecular weight is 387 g/mol. The number of ether oxygens (including phenoxy) is 1. The first kappa shape index (κ1) is 18.0. The highest BCUT2D eigenvalue weighted by molar-refractivity contribution is 6.31. The fourth-order valence-electron chi connectivity index (χ4n) is 3.99. The van der Waals surface area contributed by atoms with Crippen molar-refractivity contribution in [2.45, 2.75) is 39.3 Å². The van der Waals surface area contributed by atoms with Crippen molar-refractivity contribution in [1.82, 2.24) is 14.9 Å². The highest BCUT2D eigenvalue weighted by atomic mass is 35.5. The number of halogens is 1. The summed E-state index contributed by atoms with van der Waals surface area (Å²) in [6.07, 6.45) is 1.05. The molecule has 0 saturated carbocycles. The molecule has 3 aliphatic rings. The van der Waals surface area contributed by atoms with Gasteiger partial charge in [-0.25, -0.2) is 9.97 Å². The van der Waals surface area contributed by atoms with E-state index in [0.29, 0.717) is 10.8 Å². The summed E-state index contributed by atoms with van der Waals surface area (Å²) in [6.45, 7) is 7.47. The standard InChI is InChI=1S/C20H23ClN4O2/c1-12-6-17(4-5-18(12)21)27-11-20(26)25-15-8-16(25)10-24(9-15)19-7-13(2)22-14(3)23-19/h4-7,15-16H,8-11H2,1-3H3. The van der Waals surface area contributed by atoms with Crippen LogP contribution in [-0.2, 0) is 4.79 Å². The van der Waals surface area contributed by atoms with E-state index in [2.05, 4.69) is 14.9 Å². The van der Waals surface area contributed by atoms with Crippen LogP contribution >= 0.6 is 11.6 Å². The molecule has 2 aromatic rings. The average Bonchev–Trinajstić information content (AvgIpc) is 2.62. The molecule has 1 amide bonds. The quantitative estimate of drug-likeness (QED) is 0.808. The molecule has 0 aliphatic carbocycles. The number of aromatic nitrogens is 2. The number of nitrogens with zero attached hydrogens (tertiary/aromatic N) is 4. The van der Waals surface area contributed by atoms with Crippen LogP contribution in [0.25, 0.3) is 0 Å². The van der Waals surface area contributed by atoms with E-state index in [9.17, 15) is 4.79 Å². The Balaban J connectivity index is 1.36. The summed E-state index contributed by atoms with van der Waals surface area (Å²) in [5.41, 5.74) is 1.91. The Hall–Kier alpha value is -2.34. The summed E-state index contributed by atoms with van der Waals surface area (Å²) >= 11 is 6.03. The molecular formula is C20H23ClN4O2. The number of fused-ring (bicyclic) bond motifs is 2. The van der Waals surface area contributed by atoms with Gasteiger partial charge in [0, 0.05) is 29.9 Å². The van der Waals surface area contributed by atoms with E-state index in [-0.39, 0.29) is 24.6 Å². The van der Waals surface area contributed by atoms with Crippen molar-refractivity contribution >= 4 is 23.3 Å². The smallest absolute Gasteiger partial charge is 0.261 e. The molecule has 3 fully saturated rings. The minimum absolute atomic E-state index is 0.0403. The van der Waals surface area contributed by atoms with Crippen LogP contribution in [-0.4, -0.2) is 52.6 Å². The number of aryl methyl sites for hydroxylation is 3. The molecular weight excluding hydrogens is 364 g/mol. The second-order valence-electron chi connectivity index (χ2n) is 7.36. The van der Waals surface area contributed by atoms with Crippen LogP contribution in [0.5, 0.6) is 5.75 Å². The molecule has 0 N–H and O–H groups in total. The molecule has 142 valence electrons. The molecule has 27 heavy (non-hydrogen) atoms. The van der Waals surface area contributed by atoms with E-state index in [1.165, 1.54) is 0 Å². The van der Waals surface area contributed by atoms with E-state index < -0.39 is 0 Å². The highest BCUT2D eigenvalue weighted by Gasteiger charge is 2.47. The zero-order valence-electron chi connectivity index (χ0n) is 15.8. The molecule has 6 nitrogen and oxygen atoms in total. The zero-order valence-corrected chi connectivity index (χ0v) is 16.5. The number of anilines is 1. The largest absolute Gasteiger partial charge is 0.484 e. The van der Waals surface area contributed by atoms with Crippen molar-refractivity contribution in [2.75, 3.05) is 24.6 Å². The first-order valence-electron chi connectivity index (χ1n) is 9.18. The van der Waals surface area contributed by atoms with Crippen molar-refractivity contribution in [3.8, 4) is 5.75 Å². The summed E-state index contributed by atoms with van der Waals surface area (Å²) in [6, 6.07) is 7.90. The van der Waals surface area contributed by atoms with Gasteiger partial charge in [0.2, 0.25) is 0 Å². The van der Waals surface area contributed by atoms with E-state index >= 15 is 0 Å². The first-order valence-corrected chi connectivity index (χ1v) is 9.56. The van der Waals surface area contributed by atoms with Crippen molar-refractivity contribution in [2.24, 2.45) is 0 Å². The second-order valence-corrected chi connectivity index (χ2v) is 7.77. The zero-order chi connectivity index (χ0) is 19.1. The Morgan fingerprint density at radius 3 is 2.59 bits per heavy atom. The third-order valence-electron chi connectivity index (χ3n) is 5.25. The maximum atomic E-state index is 12.6. The van der Waals surface area contributed by atoms with Crippen LogP contribution in [0.15, 0.2) is 24.3 Å². The lowest BCUT2D eigenvalue weighted by molar-refractivity contribution is -0.148. The molecule has 2 bridgehead atoms. The third kappa shape index (κ3) is 3.58. The summed E-state index contributed by atoms with van der Waals surface area (Å²) in [7, 11) is 0. The topological polar surface area (TPSA) is 58.6 Å². The third-order valence-corrected chi connectivity index (χ3v) is 5.67. The van der Waals surface area contributed by atoms with Crippen LogP contribution in [0.1, 0.15) is 23.5 Å². The van der Waals surface area contributed by atoms with Crippen molar-refractivity contribution in [1.29, 1.82) is 0 Å². The Bertz CT molecular complexity index is 856. The normalized spacial score (nSPS) is 21.0. The van der Waals surface area contributed by atoms with E-state index in [1.807, 2.05) is 37.8 Å². The Kier molecular flexibility index (Phi) is 4.68. The number of benzene rings is 1. The highest BCUT2D eigenvalue weighted by Crippen LogP contribution is 2.34. The van der Waals surface area contributed by atoms with Gasteiger partial charge in [0.25, 0.3) is 5.91 Å². The molecule has 2 unspecified atom stereocenters. The van der Waals surface area contributed by atoms with Gasteiger partial charge in [0.1, 0.15) is 17.4 Å². The first-order chi connectivity index (χ1) is 12.9. The van der Waals surface area contributed by atoms with Crippen LogP contribution < -0.4 is 9.64 Å². The van der Waals surface area contributed by atoms with Gasteiger partial charge in [-0.2, -0.15) is 0 Å². The van der Waals surface area contributed by atoms with E-state index in [4.69, 9.17) is 16.3 Å². The lowest BCUT2D eigenvalue weighted by Crippen LogP contribution is -2.71. The molecule has 3 saturated heterocycles. The maximum Gasteiger partial charge on any atom is 0.261 e. The van der Waals surface area contributed by atoms with Crippen LogP contribution in [0.4, 0.5) is 5.82 Å². The predicted octanol–water partition coefficient (Wildman–Crippen LogP) is 2.92. The SMILES string of the molecule is Cc1cc(N2CC3CC(C2)N3C(=O)COc2ccc(Cl)c(C)c2)nc(C)n1. The monoisotopic (exact) mass is 386 g/mol. The Morgan fingerprint density at radius 1 is 1.19 bits per heavy atom. The predicted molar refractivity (Wildman–Crippen MR) is 104 cm³/mol. The summed E-state index contributed by atoms with van der Waals surface area (Å²) in [5.74, 6) is 2.45. The molecule has 7 heteroatoms. The van der Waals surface area contributed by atoms with Crippen LogP contribution in [0, 0.1) is 20.8 Å². The van der Waals surface area contributed by atoms with Gasteiger partial charge in [-0.05, 0) is 51.0 Å². The number of carbonyl (C=O) groups is 1. The number of piperazine rings is 1. The molecule has 0 radical (unpaired) electrons. The lowest BCUT2D eigenvalue weighted by atomic mass is 9.87. The Labute approximate surface area is 164 Å². The number of piperidine rings is 1. The molecule has 0 spiro atoms. The number of rotatable bonds is 4. The fraction of sp³-hybridized carbons (Fsp3) is 0.450. The van der Waals surface area contributed by atoms with Gasteiger partial charge in [-0.1, -0.05) is 11.6 Å². The lowest BCUT2D eigenvalue weighted by Gasteiger charge is -2.56. The Morgan fingerprint density at radius 2 is 1.93 bits per heavy atom. The summed E-state index contributed by atoms with van der Waals surface area (Å²) in [5, 5.41) is 0.696. The minimum Gasteiger partial charge on any atom is -0.484 e. The van der Waals surface area contributed by atoms with Gasteiger partial charge in [0.05, 0.1) is 12.1 Å². The van der Waals surface area contributed by atoms with Gasteiger partial charge in [-0.3, -0.25) is 4.79 Å². The van der Waals surface area contributed by atoms with Crippen LogP contribution in [0.2, 0.25) is 5.02 Å². The maximum absolute atomic E-state index is 12.6. The molecule has 4 heterocycles. The fourth-order valence-corrected chi connectivity index (χ4v) is 4.11. The van der Waals surface area contributed by atoms with Crippen molar-refractivity contribution in [3.05, 3.63) is 46.4 Å². The van der Waals surface area contributed by atoms with Crippen molar-refractivity contribution < 1.29 is 9.53 Å². The molecule has 1 aromatic carbocycles. The number of hydrogen-bond acceptors (Lipinski definition) is 5. The molecule has 1 aromatic heterocycles.